The predicted octanol–water partition coefficient (Wildman–Crippen LogP) is 2.45. The van der Waals surface area contributed by atoms with Crippen LogP contribution in [0.5, 0.6) is 0 Å². The van der Waals surface area contributed by atoms with Gasteiger partial charge in [0.05, 0.1) is 0 Å². The second kappa shape index (κ2) is 3.55. The van der Waals surface area contributed by atoms with Gasteiger partial charge in [0.25, 0.3) is 0 Å². The van der Waals surface area contributed by atoms with Crippen LogP contribution in [0.3, 0.4) is 0 Å². The van der Waals surface area contributed by atoms with Crippen LogP contribution in [-0.4, -0.2) is 5.91 Å². The molecule has 0 aliphatic carbocycles. The van der Waals surface area contributed by atoms with Crippen molar-refractivity contribution in [2.45, 2.75) is 6.92 Å². The zero-order chi connectivity index (χ0) is 8.97. The summed E-state index contributed by atoms with van der Waals surface area (Å²) >= 11 is 0. The van der Waals surface area contributed by atoms with Gasteiger partial charge in [-0.3, -0.25) is 4.79 Å². The fraction of sp³-hybridized carbons (Fsp3) is 0.125. The first-order valence-electron chi connectivity index (χ1n) is 3.41. The summed E-state index contributed by atoms with van der Waals surface area (Å²) in [5.41, 5.74) is 9.30. The number of hydrogen-bond donors (Lipinski definition) is 0. The molecule has 0 aliphatic rings. The summed E-state index contributed by atoms with van der Waals surface area (Å²) in [6, 6.07) is 6.97. The normalized spacial score (nSPS) is 8.75. The number of carbonyl (C=O) groups is 1. The Morgan fingerprint density at radius 3 is 2.75 bits per heavy atom. The smallest absolute Gasteiger partial charge is 0.249 e. The number of hydrogen-bond acceptors (Lipinski definition) is 1. The highest BCUT2D eigenvalue weighted by Crippen LogP contribution is 2.07. The van der Waals surface area contributed by atoms with E-state index >= 15 is 0 Å². The van der Waals surface area contributed by atoms with Crippen LogP contribution in [0.1, 0.15) is 15.9 Å². The van der Waals surface area contributed by atoms with Crippen molar-refractivity contribution in [2.24, 2.45) is 5.11 Å². The van der Waals surface area contributed by atoms with E-state index in [0.29, 0.717) is 5.56 Å². The van der Waals surface area contributed by atoms with Gasteiger partial charge in [0, 0.05) is 10.5 Å². The van der Waals surface area contributed by atoms with E-state index in [4.69, 9.17) is 5.53 Å². The van der Waals surface area contributed by atoms with Crippen molar-refractivity contribution in [2.75, 3.05) is 0 Å². The Bertz CT molecular complexity index is 353. The van der Waals surface area contributed by atoms with Crippen LogP contribution in [-0.2, 0) is 0 Å². The fourth-order valence-corrected chi connectivity index (χ4v) is 0.907. The van der Waals surface area contributed by atoms with E-state index in [9.17, 15) is 4.79 Å². The molecule has 1 aromatic carbocycles. The van der Waals surface area contributed by atoms with E-state index in [-0.39, 0.29) is 0 Å². The Balaban J connectivity index is 3.11. The molecule has 0 bridgehead atoms. The van der Waals surface area contributed by atoms with Crippen molar-refractivity contribution in [3.63, 3.8) is 0 Å². The molecule has 0 unspecified atom stereocenters. The molecule has 0 radical (unpaired) electrons. The number of carbonyl (C=O) groups excluding carboxylic acids is 1. The van der Waals surface area contributed by atoms with Crippen LogP contribution in [0.4, 0.5) is 0 Å². The molecule has 0 spiro atoms. The van der Waals surface area contributed by atoms with Gasteiger partial charge >= 0.3 is 0 Å². The lowest BCUT2D eigenvalue weighted by Gasteiger charge is -1.97. The van der Waals surface area contributed by atoms with E-state index < -0.39 is 5.91 Å². The molecule has 1 rings (SSSR count). The van der Waals surface area contributed by atoms with Gasteiger partial charge in [-0.15, -0.1) is 0 Å². The van der Waals surface area contributed by atoms with Gasteiger partial charge in [-0.1, -0.05) is 24.3 Å². The third-order valence-corrected chi connectivity index (χ3v) is 1.51. The number of rotatable bonds is 1. The van der Waals surface area contributed by atoms with Gasteiger partial charge in [0.15, 0.2) is 0 Å². The maximum atomic E-state index is 11.0. The Morgan fingerprint density at radius 1 is 1.50 bits per heavy atom. The molecule has 4 nitrogen and oxygen atoms in total. The molecule has 0 heterocycles. The molecule has 0 saturated carbocycles. The van der Waals surface area contributed by atoms with Gasteiger partial charge in [0.1, 0.15) is 0 Å². The SMILES string of the molecule is Cc1ccccc1C(=O)N=[N+]=[N-]. The first-order valence-corrected chi connectivity index (χ1v) is 3.41. The molecule has 0 fully saturated rings. The maximum Gasteiger partial charge on any atom is 0.249 e. The van der Waals surface area contributed by atoms with Crippen LogP contribution < -0.4 is 0 Å². The third-order valence-electron chi connectivity index (χ3n) is 1.51. The highest BCUT2D eigenvalue weighted by molar-refractivity contribution is 5.96. The maximum absolute atomic E-state index is 11.0. The van der Waals surface area contributed by atoms with Crippen LogP contribution in [0, 0.1) is 6.92 Å². The highest BCUT2D eigenvalue weighted by atomic mass is 16.1. The number of nitrogens with zero attached hydrogens (tertiary/aromatic N) is 3. The first-order chi connectivity index (χ1) is 5.75. The topological polar surface area (TPSA) is 65.8 Å². The molecule has 0 atom stereocenters. The first kappa shape index (κ1) is 8.30. The van der Waals surface area contributed by atoms with Crippen molar-refractivity contribution in [1.82, 2.24) is 0 Å². The van der Waals surface area contributed by atoms with Crippen molar-refractivity contribution in [1.29, 1.82) is 0 Å². The van der Waals surface area contributed by atoms with Crippen molar-refractivity contribution >= 4 is 5.91 Å². The average molecular weight is 161 g/mol. The lowest BCUT2D eigenvalue weighted by atomic mass is 10.1. The molecule has 0 N–H and O–H groups in total. The lowest BCUT2D eigenvalue weighted by molar-refractivity contribution is 0.1000. The summed E-state index contributed by atoms with van der Waals surface area (Å²) in [6.07, 6.45) is 0. The average Bonchev–Trinajstić information content (AvgIpc) is 2.05. The molecule has 1 aromatic rings. The van der Waals surface area contributed by atoms with Crippen molar-refractivity contribution in [3.8, 4) is 0 Å². The molecule has 12 heavy (non-hydrogen) atoms. The summed E-state index contributed by atoms with van der Waals surface area (Å²) in [4.78, 5) is 13.5. The standard InChI is InChI=1S/C8H7N3O/c1-6-4-2-3-5-7(6)8(12)10-11-9/h2-5H,1H3. The van der Waals surface area contributed by atoms with Crippen LogP contribution in [0.2, 0.25) is 0 Å². The third kappa shape index (κ3) is 1.62. The molecular weight excluding hydrogens is 154 g/mol. The fourth-order valence-electron chi connectivity index (χ4n) is 0.907. The molecule has 4 heteroatoms. The van der Waals surface area contributed by atoms with Gasteiger partial charge in [0.2, 0.25) is 5.91 Å². The molecule has 0 saturated heterocycles. The van der Waals surface area contributed by atoms with Gasteiger partial charge < -0.3 is 0 Å². The molecular formula is C8H7N3O. The zero-order valence-corrected chi connectivity index (χ0v) is 6.56. The van der Waals surface area contributed by atoms with Crippen molar-refractivity contribution < 1.29 is 4.79 Å². The van der Waals surface area contributed by atoms with E-state index in [1.54, 1.807) is 25.1 Å². The minimum absolute atomic E-state index is 0.454. The summed E-state index contributed by atoms with van der Waals surface area (Å²) in [6.45, 7) is 1.79. The minimum atomic E-state index is -0.532. The summed E-state index contributed by atoms with van der Waals surface area (Å²) < 4.78 is 0. The summed E-state index contributed by atoms with van der Waals surface area (Å²) in [5, 5.41) is 3.00. The second-order valence-electron chi connectivity index (χ2n) is 2.31. The Kier molecular flexibility index (Phi) is 2.46. The zero-order valence-electron chi connectivity index (χ0n) is 6.56. The van der Waals surface area contributed by atoms with Crippen LogP contribution in [0.25, 0.3) is 10.4 Å². The van der Waals surface area contributed by atoms with Crippen molar-refractivity contribution in [3.05, 3.63) is 45.8 Å². The lowest BCUT2D eigenvalue weighted by Crippen LogP contribution is -1.95. The van der Waals surface area contributed by atoms with E-state index in [2.05, 4.69) is 10.0 Å². The number of amides is 1. The van der Waals surface area contributed by atoms with Gasteiger partial charge in [-0.05, 0) is 23.1 Å². The number of aryl methyl sites for hydroxylation is 1. The van der Waals surface area contributed by atoms with Crippen LogP contribution in [0.15, 0.2) is 29.4 Å². The van der Waals surface area contributed by atoms with Gasteiger partial charge in [-0.25, -0.2) is 0 Å². The Morgan fingerprint density at radius 2 is 2.17 bits per heavy atom. The minimum Gasteiger partial charge on any atom is -0.287 e. The van der Waals surface area contributed by atoms with Crippen LogP contribution >= 0.6 is 0 Å². The largest absolute Gasteiger partial charge is 0.287 e. The van der Waals surface area contributed by atoms with E-state index in [1.165, 1.54) is 0 Å². The summed E-state index contributed by atoms with van der Waals surface area (Å²) in [7, 11) is 0. The van der Waals surface area contributed by atoms with Gasteiger partial charge in [-0.2, -0.15) is 0 Å². The number of benzene rings is 1. The monoisotopic (exact) mass is 161 g/mol. The molecule has 0 aromatic heterocycles. The molecule has 0 aliphatic heterocycles. The van der Waals surface area contributed by atoms with E-state index in [0.717, 1.165) is 5.56 Å². The number of azide groups is 1. The van der Waals surface area contributed by atoms with E-state index in [1.807, 2.05) is 6.07 Å². The molecule has 1 amide bonds. The Labute approximate surface area is 69.5 Å². The predicted molar refractivity (Wildman–Crippen MR) is 44.7 cm³/mol. The quantitative estimate of drug-likeness (QED) is 0.354. The highest BCUT2D eigenvalue weighted by Gasteiger charge is 2.03. The molecule has 60 valence electrons. The second-order valence-corrected chi connectivity index (χ2v) is 2.31. The summed E-state index contributed by atoms with van der Waals surface area (Å²) in [5.74, 6) is -0.532. The Hall–Kier alpha value is -1.80.